The summed E-state index contributed by atoms with van der Waals surface area (Å²) in [5.74, 6) is -5.56. The first-order valence-corrected chi connectivity index (χ1v) is 27.1. The number of ketones is 3. The van der Waals surface area contributed by atoms with E-state index < -0.39 is 89.8 Å². The van der Waals surface area contributed by atoms with Crippen molar-refractivity contribution in [1.29, 1.82) is 0 Å². The molecule has 1 saturated carbocycles. The molecule has 15 heteroatoms. The molecule has 3 N–H and O–H groups in total. The minimum atomic E-state index is -2.46. The topological polar surface area (TPSA) is 205 Å². The third-order valence-electron chi connectivity index (χ3n) is 16.4. The highest BCUT2D eigenvalue weighted by Gasteiger charge is 2.53. The van der Waals surface area contributed by atoms with E-state index in [9.17, 15) is 39.3 Å². The molecule has 73 heavy (non-hydrogen) atoms. The Bertz CT molecular complexity index is 2020. The van der Waals surface area contributed by atoms with E-state index in [-0.39, 0.29) is 48.9 Å². The van der Waals surface area contributed by atoms with E-state index in [1.54, 1.807) is 40.9 Å². The van der Waals surface area contributed by atoms with Crippen LogP contribution in [-0.4, -0.2) is 145 Å². The molecule has 15 nitrogen and oxygen atoms in total. The lowest BCUT2D eigenvalue weighted by Gasteiger charge is -2.43. The highest BCUT2D eigenvalue weighted by Crippen LogP contribution is 2.38. The van der Waals surface area contributed by atoms with E-state index in [4.69, 9.17) is 34.8 Å². The van der Waals surface area contributed by atoms with Crippen molar-refractivity contribution in [1.82, 2.24) is 4.90 Å². The van der Waals surface area contributed by atoms with Gasteiger partial charge in [-0.1, -0.05) is 70.1 Å². The van der Waals surface area contributed by atoms with Crippen LogP contribution in [0.3, 0.4) is 0 Å². The van der Waals surface area contributed by atoms with Crippen LogP contribution in [0.25, 0.3) is 0 Å². The number of nitrogens with zero attached hydrogens (tertiary/aromatic N) is 1. The number of cyclic esters (lactones) is 1. The van der Waals surface area contributed by atoms with Crippen molar-refractivity contribution in [3.05, 3.63) is 47.6 Å². The molecular formula is C58H87NO14. The van der Waals surface area contributed by atoms with Crippen LogP contribution in [0.4, 0.5) is 0 Å². The Morgan fingerprint density at radius 2 is 1.62 bits per heavy atom. The molecule has 1 amide bonds. The average Bonchev–Trinajstić information content (AvgIpc) is 3.38. The number of amides is 1. The summed E-state index contributed by atoms with van der Waals surface area (Å²) >= 11 is 0. The van der Waals surface area contributed by atoms with Gasteiger partial charge in [0, 0.05) is 77.1 Å². The number of hydrogen-bond acceptors (Lipinski definition) is 14. The Hall–Kier alpha value is -3.85. The van der Waals surface area contributed by atoms with Crippen molar-refractivity contribution in [2.45, 2.75) is 192 Å². The second-order valence-electron chi connectivity index (χ2n) is 21.9. The van der Waals surface area contributed by atoms with E-state index in [0.29, 0.717) is 82.3 Å². The molecule has 0 aromatic heterocycles. The smallest absolute Gasteiger partial charge is 0.329 e. The van der Waals surface area contributed by atoms with Gasteiger partial charge >= 0.3 is 5.97 Å². The SMILES string of the molecule is C#C[C@@H]1/C=C/C=C/C=C(\C)C(OCCC2CCOCC2)C[C@@H]2CC[C@@H](C)[C@@](O)(O2)C(=O)C(=O)N2CCCCC2C(=O)O[C@H]([C@H](C)C[C@@H]2CC[C@@H](O)[C@H](OC)C2)CC(=O)[C@H](C)/C=C(\C)[C@@H](O)[C@@H](OC)C(=O)[C@H](C)C1. The molecule has 4 aliphatic heterocycles. The Labute approximate surface area is 434 Å². The molecule has 15 atom stereocenters. The van der Waals surface area contributed by atoms with Gasteiger partial charge in [0.1, 0.15) is 30.1 Å². The number of allylic oxidation sites excluding steroid dienone is 6. The fourth-order valence-electron chi connectivity index (χ4n) is 11.3. The zero-order valence-corrected chi connectivity index (χ0v) is 44.9. The second kappa shape index (κ2) is 28.9. The molecule has 408 valence electrons. The molecule has 2 bridgehead atoms. The summed E-state index contributed by atoms with van der Waals surface area (Å²) in [6.45, 7) is 12.6. The van der Waals surface area contributed by atoms with Crippen LogP contribution >= 0.6 is 0 Å². The molecule has 4 fully saturated rings. The number of aliphatic hydroxyl groups excluding tert-OH is 2. The quantitative estimate of drug-likeness (QED) is 0.0923. The van der Waals surface area contributed by atoms with Gasteiger partial charge in [-0.25, -0.2) is 4.79 Å². The van der Waals surface area contributed by atoms with Gasteiger partial charge in [-0.15, -0.1) is 6.42 Å². The van der Waals surface area contributed by atoms with Crippen LogP contribution in [-0.2, 0) is 52.4 Å². The number of fused-ring (bicyclic) bond motifs is 3. The number of carbonyl (C=O) groups is 5. The normalized spacial score (nSPS) is 38.7. The molecule has 5 aliphatic rings. The number of rotatable bonds is 9. The zero-order valence-electron chi connectivity index (χ0n) is 44.9. The lowest BCUT2D eigenvalue weighted by molar-refractivity contribution is -0.266. The Balaban J connectivity index is 1.48. The minimum Gasteiger partial charge on any atom is -0.460 e. The van der Waals surface area contributed by atoms with Gasteiger partial charge in [-0.05, 0) is 126 Å². The lowest BCUT2D eigenvalue weighted by Crippen LogP contribution is -2.61. The van der Waals surface area contributed by atoms with Gasteiger partial charge in [0.2, 0.25) is 5.79 Å². The molecular weight excluding hydrogens is 935 g/mol. The Morgan fingerprint density at radius 3 is 2.32 bits per heavy atom. The number of Topliss-reactive ketones (excluding diaryl/α,β-unsaturated/α-hetero) is 3. The first-order valence-electron chi connectivity index (χ1n) is 27.1. The fourth-order valence-corrected chi connectivity index (χ4v) is 11.3. The van der Waals surface area contributed by atoms with Gasteiger partial charge in [-0.2, -0.15) is 0 Å². The maximum atomic E-state index is 14.5. The standard InChI is InChI=1S/C58H87NO14/c1-10-42-17-13-11-12-16-36(2)49(71-29-25-43-23-27-70-28-24-43)34-45-21-19-41(7)58(67,73-45)55(64)56(65)59-26-15-14-18-46(59)57(66)72-50(38(4)31-44-20-22-47(60)51(33-44)68-8)35-48(61)37(3)30-39(5)52(62)54(69-9)53(63)40(6)32-42/h1,11-13,16-17,30,37-38,40-47,49-52,54,60,62,67H,14-15,18-29,31-35H2,2-9H3/b12-11+,17-13+,36-16+,39-30+/t37-,38-,40-,41-,42-,44+,45+,46?,47-,49?,50+,51-,52-,54-,58-/m1/s1. The number of terminal acetylenes is 1. The van der Waals surface area contributed by atoms with Crippen molar-refractivity contribution >= 4 is 29.2 Å². The second-order valence-corrected chi connectivity index (χ2v) is 21.9. The molecule has 1 aliphatic carbocycles. The van der Waals surface area contributed by atoms with Crippen molar-refractivity contribution in [3.8, 4) is 12.3 Å². The summed E-state index contributed by atoms with van der Waals surface area (Å²) < 4.78 is 35.9. The van der Waals surface area contributed by atoms with E-state index in [1.807, 2.05) is 44.2 Å². The fraction of sp³-hybridized carbons (Fsp3) is 0.741. The van der Waals surface area contributed by atoms with Gasteiger partial charge in [0.05, 0.1) is 24.4 Å². The number of hydrogen-bond donors (Lipinski definition) is 3. The molecule has 0 radical (unpaired) electrons. The molecule has 0 aromatic carbocycles. The average molecular weight is 1020 g/mol. The van der Waals surface area contributed by atoms with E-state index in [1.165, 1.54) is 12.0 Å². The summed E-state index contributed by atoms with van der Waals surface area (Å²) in [7, 11) is 2.92. The van der Waals surface area contributed by atoms with Gasteiger partial charge in [0.25, 0.3) is 11.7 Å². The molecule has 4 heterocycles. The van der Waals surface area contributed by atoms with Crippen molar-refractivity contribution in [2.75, 3.05) is 40.6 Å². The molecule has 3 saturated heterocycles. The molecule has 0 spiro atoms. The van der Waals surface area contributed by atoms with Crippen LogP contribution < -0.4 is 0 Å². The maximum absolute atomic E-state index is 14.5. The number of piperidine rings is 1. The van der Waals surface area contributed by atoms with Crippen molar-refractivity contribution in [3.63, 3.8) is 0 Å². The lowest BCUT2D eigenvalue weighted by atomic mass is 9.78. The van der Waals surface area contributed by atoms with Crippen molar-refractivity contribution < 1.29 is 67.7 Å². The molecule has 2 unspecified atom stereocenters. The van der Waals surface area contributed by atoms with Crippen LogP contribution in [0.15, 0.2) is 47.6 Å². The highest BCUT2D eigenvalue weighted by molar-refractivity contribution is 6.39. The first-order chi connectivity index (χ1) is 34.8. The summed E-state index contributed by atoms with van der Waals surface area (Å²) in [4.78, 5) is 72.7. The van der Waals surface area contributed by atoms with Crippen LogP contribution in [0.5, 0.6) is 0 Å². The number of methoxy groups -OCH3 is 2. The minimum absolute atomic E-state index is 0.0759. The predicted molar refractivity (Wildman–Crippen MR) is 275 cm³/mol. The van der Waals surface area contributed by atoms with Gasteiger partial charge in [0.15, 0.2) is 5.78 Å². The third-order valence-corrected chi connectivity index (χ3v) is 16.4. The number of esters is 1. The van der Waals surface area contributed by atoms with Crippen molar-refractivity contribution in [2.24, 2.45) is 41.4 Å². The number of aliphatic hydroxyl groups is 3. The van der Waals surface area contributed by atoms with Crippen LogP contribution in [0, 0.1) is 53.8 Å². The Morgan fingerprint density at radius 1 is 0.877 bits per heavy atom. The first kappa shape index (κ1) is 60.0. The van der Waals surface area contributed by atoms with Gasteiger partial charge < -0.3 is 48.6 Å². The largest absolute Gasteiger partial charge is 0.460 e. The van der Waals surface area contributed by atoms with E-state index in [0.717, 1.165) is 38.0 Å². The molecule has 0 aromatic rings. The van der Waals surface area contributed by atoms with Crippen LogP contribution in [0.2, 0.25) is 0 Å². The third kappa shape index (κ3) is 16.6. The number of ether oxygens (including phenoxy) is 6. The molecule has 5 rings (SSSR count). The Kier molecular flexibility index (Phi) is 23.7. The zero-order chi connectivity index (χ0) is 53.4. The van der Waals surface area contributed by atoms with E-state index in [2.05, 4.69) is 5.92 Å². The summed E-state index contributed by atoms with van der Waals surface area (Å²) in [6, 6.07) is -1.16. The maximum Gasteiger partial charge on any atom is 0.329 e. The van der Waals surface area contributed by atoms with E-state index >= 15 is 0 Å². The summed E-state index contributed by atoms with van der Waals surface area (Å²) in [5, 5.41) is 34.3. The summed E-state index contributed by atoms with van der Waals surface area (Å²) in [6.07, 6.45) is 19.0. The highest BCUT2D eigenvalue weighted by atomic mass is 16.6. The predicted octanol–water partition coefficient (Wildman–Crippen LogP) is 6.98. The monoisotopic (exact) mass is 1020 g/mol. The van der Waals surface area contributed by atoms with Gasteiger partial charge in [-0.3, -0.25) is 19.2 Å². The van der Waals surface area contributed by atoms with Crippen LogP contribution in [0.1, 0.15) is 138 Å². The summed E-state index contributed by atoms with van der Waals surface area (Å²) in [5.41, 5.74) is 1.23. The number of carbonyl (C=O) groups excluding carboxylic acids is 5.